The standard InChI is InChI=1S/C19H12BrN3O3/c20-15-5-2-1-4-14(15)17(24)21-13-9-7-12(8-10-13)18-22-23-19(26-18)16-6-3-11-25-16/h1-11H,(H,21,24). The maximum absolute atomic E-state index is 12.3. The molecule has 0 unspecified atom stereocenters. The molecular weight excluding hydrogens is 398 g/mol. The van der Waals surface area contributed by atoms with E-state index in [4.69, 9.17) is 8.83 Å². The molecule has 0 aliphatic heterocycles. The SMILES string of the molecule is O=C(Nc1ccc(-c2nnc(-c3ccco3)o2)cc1)c1ccccc1Br. The van der Waals surface area contributed by atoms with Gasteiger partial charge in [0.05, 0.1) is 11.8 Å². The Morgan fingerprint density at radius 1 is 0.923 bits per heavy atom. The van der Waals surface area contributed by atoms with Crippen molar-refractivity contribution in [3.05, 3.63) is 77.0 Å². The van der Waals surface area contributed by atoms with Crippen molar-refractivity contribution >= 4 is 27.5 Å². The van der Waals surface area contributed by atoms with Crippen LogP contribution in [0.4, 0.5) is 5.69 Å². The molecule has 4 rings (SSSR count). The molecule has 2 aromatic carbocycles. The summed E-state index contributed by atoms with van der Waals surface area (Å²) >= 11 is 3.37. The molecule has 0 aliphatic carbocycles. The zero-order valence-corrected chi connectivity index (χ0v) is 14.9. The van der Waals surface area contributed by atoms with Crippen molar-refractivity contribution in [2.75, 3.05) is 5.32 Å². The van der Waals surface area contributed by atoms with Crippen molar-refractivity contribution in [2.45, 2.75) is 0 Å². The summed E-state index contributed by atoms with van der Waals surface area (Å²) < 4.78 is 11.6. The van der Waals surface area contributed by atoms with Crippen LogP contribution in [0, 0.1) is 0 Å². The fourth-order valence-corrected chi connectivity index (χ4v) is 2.84. The van der Waals surface area contributed by atoms with Gasteiger partial charge in [0.1, 0.15) is 0 Å². The number of anilines is 1. The summed E-state index contributed by atoms with van der Waals surface area (Å²) in [5.41, 5.74) is 1.98. The Labute approximate surface area is 157 Å². The van der Waals surface area contributed by atoms with Crippen LogP contribution in [0.2, 0.25) is 0 Å². The van der Waals surface area contributed by atoms with Gasteiger partial charge in [-0.1, -0.05) is 12.1 Å². The fourth-order valence-electron chi connectivity index (χ4n) is 2.38. The molecule has 0 spiro atoms. The quantitative estimate of drug-likeness (QED) is 0.512. The fraction of sp³-hybridized carbons (Fsp3) is 0. The number of benzene rings is 2. The maximum atomic E-state index is 12.3. The van der Waals surface area contributed by atoms with E-state index in [1.165, 1.54) is 0 Å². The van der Waals surface area contributed by atoms with Gasteiger partial charge in [-0.3, -0.25) is 4.79 Å². The van der Waals surface area contributed by atoms with E-state index in [2.05, 4.69) is 31.4 Å². The summed E-state index contributed by atoms with van der Waals surface area (Å²) in [6.07, 6.45) is 1.54. The first-order valence-electron chi connectivity index (χ1n) is 7.74. The molecule has 0 saturated carbocycles. The first-order chi connectivity index (χ1) is 12.7. The number of carbonyl (C=O) groups excluding carboxylic acids is 1. The minimum absolute atomic E-state index is 0.192. The lowest BCUT2D eigenvalue weighted by Gasteiger charge is -2.07. The largest absolute Gasteiger partial charge is 0.459 e. The van der Waals surface area contributed by atoms with Gasteiger partial charge in [-0.25, -0.2) is 0 Å². The monoisotopic (exact) mass is 409 g/mol. The summed E-state index contributed by atoms with van der Waals surface area (Å²) in [4.78, 5) is 12.3. The Morgan fingerprint density at radius 2 is 1.69 bits per heavy atom. The van der Waals surface area contributed by atoms with E-state index in [0.717, 1.165) is 10.0 Å². The van der Waals surface area contributed by atoms with Crippen molar-refractivity contribution < 1.29 is 13.6 Å². The zero-order valence-electron chi connectivity index (χ0n) is 13.3. The molecule has 6 nitrogen and oxygen atoms in total. The van der Waals surface area contributed by atoms with E-state index in [0.29, 0.717) is 28.8 Å². The number of aromatic nitrogens is 2. The highest BCUT2D eigenvalue weighted by Crippen LogP contribution is 2.25. The summed E-state index contributed by atoms with van der Waals surface area (Å²) in [5, 5.41) is 10.8. The maximum Gasteiger partial charge on any atom is 0.283 e. The molecule has 1 amide bonds. The number of nitrogens with zero attached hydrogens (tertiary/aromatic N) is 2. The van der Waals surface area contributed by atoms with Crippen LogP contribution in [0.1, 0.15) is 10.4 Å². The predicted octanol–water partition coefficient (Wildman–Crippen LogP) is 5.01. The highest BCUT2D eigenvalue weighted by molar-refractivity contribution is 9.10. The molecule has 2 heterocycles. The van der Waals surface area contributed by atoms with E-state index < -0.39 is 0 Å². The molecule has 0 saturated heterocycles. The van der Waals surface area contributed by atoms with Crippen LogP contribution in [0.25, 0.3) is 23.1 Å². The van der Waals surface area contributed by atoms with Crippen molar-refractivity contribution in [1.29, 1.82) is 0 Å². The van der Waals surface area contributed by atoms with E-state index >= 15 is 0 Å². The number of halogens is 1. The molecule has 0 bridgehead atoms. The Morgan fingerprint density at radius 3 is 2.42 bits per heavy atom. The first kappa shape index (κ1) is 16.3. The zero-order chi connectivity index (χ0) is 17.9. The highest BCUT2D eigenvalue weighted by atomic mass is 79.9. The lowest BCUT2D eigenvalue weighted by molar-refractivity contribution is 0.102. The van der Waals surface area contributed by atoms with Crippen molar-refractivity contribution in [3.63, 3.8) is 0 Å². The number of hydrogen-bond donors (Lipinski definition) is 1. The average molecular weight is 410 g/mol. The number of nitrogens with one attached hydrogen (secondary N) is 1. The van der Waals surface area contributed by atoms with Crippen LogP contribution in [0.3, 0.4) is 0 Å². The van der Waals surface area contributed by atoms with E-state index in [1.54, 1.807) is 48.7 Å². The van der Waals surface area contributed by atoms with Crippen LogP contribution in [0.15, 0.2) is 80.2 Å². The van der Waals surface area contributed by atoms with Crippen LogP contribution >= 0.6 is 15.9 Å². The lowest BCUT2D eigenvalue weighted by atomic mass is 10.2. The van der Waals surface area contributed by atoms with Crippen LogP contribution in [0.5, 0.6) is 0 Å². The topological polar surface area (TPSA) is 81.2 Å². The smallest absolute Gasteiger partial charge is 0.283 e. The van der Waals surface area contributed by atoms with E-state index in [-0.39, 0.29) is 5.91 Å². The number of furan rings is 1. The second-order valence-electron chi connectivity index (χ2n) is 5.40. The molecule has 1 N–H and O–H groups in total. The molecule has 7 heteroatoms. The number of hydrogen-bond acceptors (Lipinski definition) is 5. The Hall–Kier alpha value is -3.19. The normalized spacial score (nSPS) is 10.7. The molecule has 0 radical (unpaired) electrons. The molecule has 0 aliphatic rings. The van der Waals surface area contributed by atoms with Gasteiger partial charge >= 0.3 is 0 Å². The minimum atomic E-state index is -0.192. The van der Waals surface area contributed by atoms with E-state index in [1.807, 2.05) is 18.2 Å². The van der Waals surface area contributed by atoms with Crippen LogP contribution in [-0.2, 0) is 0 Å². The second kappa shape index (κ2) is 6.97. The predicted molar refractivity (Wildman–Crippen MR) is 99.5 cm³/mol. The Kier molecular flexibility index (Phi) is 4.37. The summed E-state index contributed by atoms with van der Waals surface area (Å²) in [6.45, 7) is 0. The number of carbonyl (C=O) groups is 1. The van der Waals surface area contributed by atoms with Crippen LogP contribution in [-0.4, -0.2) is 16.1 Å². The van der Waals surface area contributed by atoms with E-state index in [9.17, 15) is 4.79 Å². The molecular formula is C19H12BrN3O3. The molecule has 0 atom stereocenters. The first-order valence-corrected chi connectivity index (χ1v) is 8.54. The van der Waals surface area contributed by atoms with Gasteiger partial charge in [0.2, 0.25) is 5.89 Å². The molecule has 0 fully saturated rings. The molecule has 2 aromatic heterocycles. The number of amides is 1. The second-order valence-corrected chi connectivity index (χ2v) is 6.26. The Bertz CT molecular complexity index is 1040. The summed E-state index contributed by atoms with van der Waals surface area (Å²) in [5.74, 6) is 1.01. The van der Waals surface area contributed by atoms with Gasteiger partial charge in [0.15, 0.2) is 5.76 Å². The summed E-state index contributed by atoms with van der Waals surface area (Å²) in [7, 11) is 0. The summed E-state index contributed by atoms with van der Waals surface area (Å²) in [6, 6.07) is 17.9. The average Bonchev–Trinajstić information content (AvgIpc) is 3.34. The molecule has 128 valence electrons. The lowest BCUT2D eigenvalue weighted by Crippen LogP contribution is -2.12. The minimum Gasteiger partial charge on any atom is -0.459 e. The third kappa shape index (κ3) is 3.29. The van der Waals surface area contributed by atoms with Gasteiger partial charge in [-0.15, -0.1) is 10.2 Å². The van der Waals surface area contributed by atoms with Crippen molar-refractivity contribution in [2.24, 2.45) is 0 Å². The van der Waals surface area contributed by atoms with Gasteiger partial charge in [-0.2, -0.15) is 0 Å². The van der Waals surface area contributed by atoms with Crippen molar-refractivity contribution in [3.8, 4) is 23.1 Å². The molecule has 26 heavy (non-hydrogen) atoms. The van der Waals surface area contributed by atoms with Crippen LogP contribution < -0.4 is 5.32 Å². The van der Waals surface area contributed by atoms with Gasteiger partial charge in [0, 0.05) is 15.7 Å². The van der Waals surface area contributed by atoms with Crippen molar-refractivity contribution in [1.82, 2.24) is 10.2 Å². The Balaban J connectivity index is 1.50. The highest BCUT2D eigenvalue weighted by Gasteiger charge is 2.13. The van der Waals surface area contributed by atoms with Gasteiger partial charge in [0.25, 0.3) is 11.8 Å². The third-order valence-electron chi connectivity index (χ3n) is 3.67. The van der Waals surface area contributed by atoms with Gasteiger partial charge < -0.3 is 14.2 Å². The van der Waals surface area contributed by atoms with Gasteiger partial charge in [-0.05, 0) is 64.5 Å². The number of rotatable bonds is 4. The molecule has 4 aromatic rings. The third-order valence-corrected chi connectivity index (χ3v) is 4.36.